The lowest BCUT2D eigenvalue weighted by Gasteiger charge is -2.07. The van der Waals surface area contributed by atoms with Crippen molar-refractivity contribution in [1.82, 2.24) is 9.55 Å². The highest BCUT2D eigenvalue weighted by molar-refractivity contribution is 5.88. The van der Waals surface area contributed by atoms with Crippen LogP contribution in [0.1, 0.15) is 21.5 Å². The van der Waals surface area contributed by atoms with Crippen molar-refractivity contribution >= 4 is 5.97 Å². The van der Waals surface area contributed by atoms with Gasteiger partial charge in [-0.2, -0.15) is 5.26 Å². The highest BCUT2D eigenvalue weighted by Gasteiger charge is 2.12. The Kier molecular flexibility index (Phi) is 5.27. The van der Waals surface area contributed by atoms with E-state index in [0.29, 0.717) is 18.0 Å². The Morgan fingerprint density at radius 2 is 1.83 bits per heavy atom. The van der Waals surface area contributed by atoms with E-state index in [9.17, 15) is 15.2 Å². The van der Waals surface area contributed by atoms with Gasteiger partial charge in [0.1, 0.15) is 24.2 Å². The number of benzene rings is 2. The van der Waals surface area contributed by atoms with Crippen molar-refractivity contribution < 1.29 is 14.6 Å². The summed E-state index contributed by atoms with van der Waals surface area (Å²) in [6.45, 7) is 0.478. The topological polar surface area (TPSA) is 88.1 Å². The Balaban J connectivity index is 1.57. The summed E-state index contributed by atoms with van der Waals surface area (Å²) in [6.07, 6.45) is 4.85. The molecule has 0 aliphatic heterocycles. The summed E-state index contributed by atoms with van der Waals surface area (Å²) in [5, 5.41) is 18.7. The predicted molar refractivity (Wildman–Crippen MR) is 111 cm³/mol. The lowest BCUT2D eigenvalue weighted by molar-refractivity contribution is 0.0696. The molecule has 0 radical (unpaired) electrons. The van der Waals surface area contributed by atoms with Gasteiger partial charge in [-0.15, -0.1) is 0 Å². The van der Waals surface area contributed by atoms with Gasteiger partial charge in [0.2, 0.25) is 0 Å². The number of pyridine rings is 1. The fourth-order valence-electron chi connectivity index (χ4n) is 3.07. The maximum absolute atomic E-state index is 11.2. The molecular weight excluding hydrogens is 378 g/mol. The Morgan fingerprint density at radius 1 is 1.07 bits per heavy atom. The average molecular weight is 395 g/mol. The quantitative estimate of drug-likeness (QED) is 0.512. The molecule has 0 atom stereocenters. The highest BCUT2D eigenvalue weighted by atomic mass is 16.5. The Hall–Kier alpha value is -4.37. The van der Waals surface area contributed by atoms with Crippen molar-refractivity contribution in [3.8, 4) is 28.8 Å². The van der Waals surface area contributed by atoms with Gasteiger partial charge in [-0.25, -0.2) is 9.78 Å². The number of aromatic nitrogens is 2. The lowest BCUT2D eigenvalue weighted by atomic mass is 10.1. The zero-order valence-electron chi connectivity index (χ0n) is 15.9. The molecule has 2 heterocycles. The van der Waals surface area contributed by atoms with Gasteiger partial charge in [0, 0.05) is 24.2 Å². The molecule has 0 amide bonds. The number of nitrogens with zero attached hydrogens (tertiary/aromatic N) is 3. The number of hydrogen-bond acceptors (Lipinski definition) is 4. The van der Waals surface area contributed by atoms with Crippen LogP contribution >= 0.6 is 0 Å². The third kappa shape index (κ3) is 4.05. The molecule has 6 nitrogen and oxygen atoms in total. The highest BCUT2D eigenvalue weighted by Crippen LogP contribution is 2.28. The Morgan fingerprint density at radius 3 is 2.53 bits per heavy atom. The van der Waals surface area contributed by atoms with E-state index < -0.39 is 5.97 Å². The first kappa shape index (κ1) is 19.0. The normalized spacial score (nSPS) is 10.4. The second-order valence-electron chi connectivity index (χ2n) is 6.61. The van der Waals surface area contributed by atoms with Crippen LogP contribution in [0.25, 0.3) is 16.9 Å². The monoisotopic (exact) mass is 395 g/mol. The van der Waals surface area contributed by atoms with E-state index in [-0.39, 0.29) is 5.56 Å². The van der Waals surface area contributed by atoms with E-state index in [0.717, 1.165) is 22.4 Å². The van der Waals surface area contributed by atoms with Gasteiger partial charge in [0.25, 0.3) is 0 Å². The fourth-order valence-corrected chi connectivity index (χ4v) is 3.07. The number of carboxylic acid groups (broad SMARTS) is 1. The molecule has 6 heteroatoms. The van der Waals surface area contributed by atoms with Crippen molar-refractivity contribution in [2.24, 2.45) is 0 Å². The maximum atomic E-state index is 11.2. The zero-order valence-corrected chi connectivity index (χ0v) is 15.9. The van der Waals surface area contributed by atoms with Crippen LogP contribution in [0.4, 0.5) is 0 Å². The van der Waals surface area contributed by atoms with E-state index in [1.807, 2.05) is 54.6 Å². The third-order valence-corrected chi connectivity index (χ3v) is 4.62. The standard InChI is InChI=1S/C24H17N3O3/c25-13-20-14-27(23-12-19(24(28)29)10-11-26-23)15-22(20)18-6-8-21(9-7-18)30-16-17-4-2-1-3-5-17/h1-12,14-15H,16H2,(H,28,29). The number of rotatable bonds is 6. The van der Waals surface area contributed by atoms with Crippen LogP contribution in [-0.2, 0) is 6.61 Å². The van der Waals surface area contributed by atoms with Gasteiger partial charge in [-0.1, -0.05) is 42.5 Å². The van der Waals surface area contributed by atoms with Crippen LogP contribution in [0.3, 0.4) is 0 Å². The number of ether oxygens (including phenoxy) is 1. The zero-order chi connectivity index (χ0) is 20.9. The second kappa shape index (κ2) is 8.33. The molecule has 0 bridgehead atoms. The van der Waals surface area contributed by atoms with Gasteiger partial charge < -0.3 is 14.4 Å². The molecule has 0 saturated carbocycles. The number of aromatic carboxylic acids is 1. The van der Waals surface area contributed by atoms with E-state index in [1.54, 1.807) is 17.0 Å². The molecular formula is C24H17N3O3. The van der Waals surface area contributed by atoms with E-state index in [4.69, 9.17) is 4.74 Å². The summed E-state index contributed by atoms with van der Waals surface area (Å²) in [7, 11) is 0. The summed E-state index contributed by atoms with van der Waals surface area (Å²) in [6, 6.07) is 22.5. The maximum Gasteiger partial charge on any atom is 0.335 e. The molecule has 4 rings (SSSR count). The Labute approximate surface area is 173 Å². The summed E-state index contributed by atoms with van der Waals surface area (Å²) in [4.78, 5) is 15.4. The lowest BCUT2D eigenvalue weighted by Crippen LogP contribution is -2.00. The van der Waals surface area contributed by atoms with Crippen LogP contribution in [-0.4, -0.2) is 20.6 Å². The fraction of sp³-hybridized carbons (Fsp3) is 0.0417. The third-order valence-electron chi connectivity index (χ3n) is 4.62. The molecule has 0 saturated heterocycles. The molecule has 2 aromatic heterocycles. The predicted octanol–water partition coefficient (Wildman–Crippen LogP) is 4.69. The molecule has 4 aromatic rings. The first-order chi connectivity index (χ1) is 14.6. The molecule has 1 N–H and O–H groups in total. The smallest absolute Gasteiger partial charge is 0.335 e. The van der Waals surface area contributed by atoms with Crippen molar-refractivity contribution in [1.29, 1.82) is 5.26 Å². The van der Waals surface area contributed by atoms with Crippen LogP contribution in [0.2, 0.25) is 0 Å². The van der Waals surface area contributed by atoms with Crippen LogP contribution < -0.4 is 4.74 Å². The summed E-state index contributed by atoms with van der Waals surface area (Å²) in [5.74, 6) is 0.134. The van der Waals surface area contributed by atoms with Gasteiger partial charge in [-0.3, -0.25) is 0 Å². The van der Waals surface area contributed by atoms with Crippen molar-refractivity contribution in [3.63, 3.8) is 0 Å². The SMILES string of the molecule is N#Cc1cn(-c2cc(C(=O)O)ccn2)cc1-c1ccc(OCc2ccccc2)cc1. The first-order valence-electron chi connectivity index (χ1n) is 9.23. The molecule has 0 unspecified atom stereocenters. The second-order valence-corrected chi connectivity index (χ2v) is 6.61. The van der Waals surface area contributed by atoms with Gasteiger partial charge in [-0.05, 0) is 35.4 Å². The van der Waals surface area contributed by atoms with Crippen LogP contribution in [0.5, 0.6) is 5.75 Å². The van der Waals surface area contributed by atoms with Crippen LogP contribution in [0.15, 0.2) is 85.3 Å². The van der Waals surface area contributed by atoms with Crippen LogP contribution in [0, 0.1) is 11.3 Å². The molecule has 2 aromatic carbocycles. The first-order valence-corrected chi connectivity index (χ1v) is 9.23. The largest absolute Gasteiger partial charge is 0.489 e. The number of carbonyl (C=O) groups is 1. The van der Waals surface area contributed by atoms with Crippen molar-refractivity contribution in [3.05, 3.63) is 102 Å². The molecule has 0 spiro atoms. The van der Waals surface area contributed by atoms with E-state index >= 15 is 0 Å². The van der Waals surface area contributed by atoms with Gasteiger partial charge in [0.15, 0.2) is 0 Å². The van der Waals surface area contributed by atoms with Crippen molar-refractivity contribution in [2.45, 2.75) is 6.61 Å². The molecule has 0 aliphatic carbocycles. The minimum atomic E-state index is -1.03. The number of nitriles is 1. The minimum absolute atomic E-state index is 0.133. The molecule has 146 valence electrons. The number of hydrogen-bond donors (Lipinski definition) is 1. The average Bonchev–Trinajstić information content (AvgIpc) is 3.23. The van der Waals surface area contributed by atoms with E-state index in [1.165, 1.54) is 18.3 Å². The van der Waals surface area contributed by atoms with Gasteiger partial charge >= 0.3 is 5.97 Å². The summed E-state index contributed by atoms with van der Waals surface area (Å²) >= 11 is 0. The Bertz CT molecular complexity index is 1220. The van der Waals surface area contributed by atoms with Crippen molar-refractivity contribution in [2.75, 3.05) is 0 Å². The molecule has 30 heavy (non-hydrogen) atoms. The molecule has 0 aliphatic rings. The molecule has 0 fully saturated rings. The number of carboxylic acids is 1. The summed E-state index contributed by atoms with van der Waals surface area (Å²) < 4.78 is 7.47. The summed E-state index contributed by atoms with van der Waals surface area (Å²) in [5.41, 5.74) is 3.27. The van der Waals surface area contributed by atoms with Gasteiger partial charge in [0.05, 0.1) is 11.1 Å². The minimum Gasteiger partial charge on any atom is -0.489 e. The van der Waals surface area contributed by atoms with E-state index in [2.05, 4.69) is 11.1 Å².